The van der Waals surface area contributed by atoms with E-state index in [4.69, 9.17) is 11.6 Å². The van der Waals surface area contributed by atoms with Crippen molar-refractivity contribution in [1.29, 1.82) is 0 Å². The van der Waals surface area contributed by atoms with Gasteiger partial charge in [-0.15, -0.1) is 22.7 Å². The lowest BCUT2D eigenvalue weighted by Crippen LogP contribution is -1.98. The molecule has 84 valence electrons. The summed E-state index contributed by atoms with van der Waals surface area (Å²) in [6.07, 6.45) is 1.45. The Morgan fingerprint density at radius 2 is 1.94 bits per heavy atom. The summed E-state index contributed by atoms with van der Waals surface area (Å²) in [4.78, 5) is 15.1. The van der Waals surface area contributed by atoms with Crippen LogP contribution in [0.2, 0.25) is 4.34 Å². The molecule has 0 amide bonds. The molecule has 2 heterocycles. The number of ketones is 1. The van der Waals surface area contributed by atoms with Crippen molar-refractivity contribution < 1.29 is 4.79 Å². The molecule has 0 saturated carbocycles. The van der Waals surface area contributed by atoms with Gasteiger partial charge < -0.3 is 0 Å². The van der Waals surface area contributed by atoms with E-state index in [1.165, 1.54) is 16.2 Å². The van der Waals surface area contributed by atoms with Crippen LogP contribution in [0.3, 0.4) is 0 Å². The van der Waals surface area contributed by atoms with Gasteiger partial charge in [0.1, 0.15) is 0 Å². The predicted octanol–water partition coefficient (Wildman–Crippen LogP) is 4.45. The fourth-order valence-corrected chi connectivity index (χ4v) is 3.38. The predicted molar refractivity (Wildman–Crippen MR) is 71.1 cm³/mol. The highest BCUT2D eigenvalue weighted by Gasteiger charge is 2.11. The first-order valence-electron chi connectivity index (χ1n) is 5.05. The standard InChI is InChI=1S/C12H11ClOS2/c1-2-8-3-5-11(15-8)10(14)7-9-4-6-12(13)16-9/h3-6H,2,7H2,1H3. The van der Waals surface area contributed by atoms with E-state index in [1.54, 1.807) is 11.3 Å². The molecule has 16 heavy (non-hydrogen) atoms. The van der Waals surface area contributed by atoms with E-state index in [0.29, 0.717) is 6.42 Å². The van der Waals surface area contributed by atoms with Gasteiger partial charge in [-0.3, -0.25) is 4.79 Å². The van der Waals surface area contributed by atoms with Crippen LogP contribution in [0.1, 0.15) is 26.3 Å². The molecule has 4 heteroatoms. The number of rotatable bonds is 4. The van der Waals surface area contributed by atoms with Crippen molar-refractivity contribution in [3.05, 3.63) is 43.2 Å². The van der Waals surface area contributed by atoms with Crippen LogP contribution in [0.5, 0.6) is 0 Å². The highest BCUT2D eigenvalue weighted by Crippen LogP contribution is 2.24. The number of Topliss-reactive ketones (excluding diaryl/α,β-unsaturated/α-hetero) is 1. The van der Waals surface area contributed by atoms with Crippen molar-refractivity contribution in [1.82, 2.24) is 0 Å². The number of thiophene rings is 2. The van der Waals surface area contributed by atoms with Crippen LogP contribution in [-0.2, 0) is 12.8 Å². The van der Waals surface area contributed by atoms with E-state index >= 15 is 0 Å². The highest BCUT2D eigenvalue weighted by molar-refractivity contribution is 7.16. The Kier molecular flexibility index (Phi) is 3.79. The smallest absolute Gasteiger partial charge is 0.177 e. The lowest BCUT2D eigenvalue weighted by molar-refractivity contribution is 0.0997. The maximum Gasteiger partial charge on any atom is 0.177 e. The monoisotopic (exact) mass is 270 g/mol. The molecule has 0 aromatic carbocycles. The minimum absolute atomic E-state index is 0.184. The van der Waals surface area contributed by atoms with Crippen LogP contribution in [0.25, 0.3) is 0 Å². The molecule has 0 aliphatic rings. The summed E-state index contributed by atoms with van der Waals surface area (Å²) in [6.45, 7) is 2.10. The van der Waals surface area contributed by atoms with Crippen molar-refractivity contribution in [2.75, 3.05) is 0 Å². The summed E-state index contributed by atoms with van der Waals surface area (Å²) < 4.78 is 0.739. The summed E-state index contributed by atoms with van der Waals surface area (Å²) in [7, 11) is 0. The third-order valence-corrected chi connectivity index (χ3v) is 4.75. The van der Waals surface area contributed by atoms with Gasteiger partial charge in [0.15, 0.2) is 5.78 Å². The summed E-state index contributed by atoms with van der Waals surface area (Å²) in [5.41, 5.74) is 0. The number of halogens is 1. The van der Waals surface area contributed by atoms with Gasteiger partial charge >= 0.3 is 0 Å². The molecule has 0 bridgehead atoms. The number of aryl methyl sites for hydroxylation is 1. The van der Waals surface area contributed by atoms with Crippen LogP contribution in [0, 0.1) is 0 Å². The van der Waals surface area contributed by atoms with Gasteiger partial charge in [-0.1, -0.05) is 18.5 Å². The number of hydrogen-bond acceptors (Lipinski definition) is 3. The van der Waals surface area contributed by atoms with Gasteiger partial charge in [0.05, 0.1) is 9.21 Å². The van der Waals surface area contributed by atoms with Crippen molar-refractivity contribution in [3.8, 4) is 0 Å². The molecule has 0 unspecified atom stereocenters. The van der Waals surface area contributed by atoms with Crippen molar-refractivity contribution in [2.45, 2.75) is 19.8 Å². The number of hydrogen-bond donors (Lipinski definition) is 0. The molecule has 0 spiro atoms. The van der Waals surface area contributed by atoms with Crippen LogP contribution >= 0.6 is 34.3 Å². The molecular weight excluding hydrogens is 260 g/mol. The number of carbonyl (C=O) groups is 1. The van der Waals surface area contributed by atoms with E-state index in [0.717, 1.165) is 20.5 Å². The zero-order valence-corrected chi connectivity index (χ0v) is 11.2. The molecule has 0 atom stereocenters. The van der Waals surface area contributed by atoms with Crippen LogP contribution in [0.15, 0.2) is 24.3 Å². The van der Waals surface area contributed by atoms with Crippen molar-refractivity contribution in [2.24, 2.45) is 0 Å². The van der Waals surface area contributed by atoms with Crippen molar-refractivity contribution in [3.63, 3.8) is 0 Å². The van der Waals surface area contributed by atoms with Crippen LogP contribution in [-0.4, -0.2) is 5.78 Å². The third-order valence-electron chi connectivity index (χ3n) is 2.25. The molecule has 0 N–H and O–H groups in total. The van der Waals surface area contributed by atoms with Gasteiger partial charge in [-0.25, -0.2) is 0 Å². The Morgan fingerprint density at radius 1 is 1.19 bits per heavy atom. The van der Waals surface area contributed by atoms with E-state index in [1.807, 2.05) is 24.3 Å². The zero-order chi connectivity index (χ0) is 11.5. The molecule has 1 nitrogen and oxygen atoms in total. The molecule has 2 aromatic heterocycles. The maximum absolute atomic E-state index is 11.9. The third kappa shape index (κ3) is 2.73. The van der Waals surface area contributed by atoms with Gasteiger partial charge in [-0.05, 0) is 30.7 Å². The molecule has 2 rings (SSSR count). The maximum atomic E-state index is 11.9. The van der Waals surface area contributed by atoms with Crippen LogP contribution in [0.4, 0.5) is 0 Å². The van der Waals surface area contributed by atoms with Gasteiger partial charge in [0, 0.05) is 16.2 Å². The Morgan fingerprint density at radius 3 is 2.50 bits per heavy atom. The lowest BCUT2D eigenvalue weighted by Gasteiger charge is -1.94. The Hall–Kier alpha value is -0.640. The van der Waals surface area contributed by atoms with Gasteiger partial charge in [0.25, 0.3) is 0 Å². The Labute approximate surface area is 108 Å². The normalized spacial score (nSPS) is 10.6. The summed E-state index contributed by atoms with van der Waals surface area (Å²) in [5, 5.41) is 0. The fraction of sp³-hybridized carbons (Fsp3) is 0.250. The van der Waals surface area contributed by atoms with E-state index < -0.39 is 0 Å². The van der Waals surface area contributed by atoms with E-state index in [9.17, 15) is 4.79 Å². The van der Waals surface area contributed by atoms with Gasteiger partial charge in [-0.2, -0.15) is 0 Å². The molecule has 0 saturated heterocycles. The second-order valence-electron chi connectivity index (χ2n) is 3.43. The quantitative estimate of drug-likeness (QED) is 0.750. The fourth-order valence-electron chi connectivity index (χ4n) is 1.41. The van der Waals surface area contributed by atoms with Gasteiger partial charge in [0.2, 0.25) is 0 Å². The minimum atomic E-state index is 0.184. The highest BCUT2D eigenvalue weighted by atomic mass is 35.5. The Bertz CT molecular complexity index is 499. The second kappa shape index (κ2) is 5.13. The summed E-state index contributed by atoms with van der Waals surface area (Å²) in [5.74, 6) is 0.184. The first kappa shape index (κ1) is 11.8. The summed E-state index contributed by atoms with van der Waals surface area (Å²) >= 11 is 8.89. The SMILES string of the molecule is CCc1ccc(C(=O)Cc2ccc(Cl)s2)s1. The Balaban J connectivity index is 2.08. The van der Waals surface area contributed by atoms with E-state index in [-0.39, 0.29) is 5.78 Å². The summed E-state index contributed by atoms with van der Waals surface area (Å²) in [6, 6.07) is 7.69. The second-order valence-corrected chi connectivity index (χ2v) is 6.39. The molecule has 0 aliphatic heterocycles. The first-order chi connectivity index (χ1) is 7.69. The van der Waals surface area contributed by atoms with Crippen LogP contribution < -0.4 is 0 Å². The average molecular weight is 271 g/mol. The molecule has 0 radical (unpaired) electrons. The van der Waals surface area contributed by atoms with Crippen molar-refractivity contribution >= 4 is 40.1 Å². The zero-order valence-electron chi connectivity index (χ0n) is 8.83. The average Bonchev–Trinajstić information content (AvgIpc) is 2.87. The minimum Gasteiger partial charge on any atom is -0.293 e. The molecule has 0 fully saturated rings. The lowest BCUT2D eigenvalue weighted by atomic mass is 10.2. The molecule has 0 aliphatic carbocycles. The largest absolute Gasteiger partial charge is 0.293 e. The van der Waals surface area contributed by atoms with E-state index in [2.05, 4.69) is 6.92 Å². The first-order valence-corrected chi connectivity index (χ1v) is 7.06. The molecule has 2 aromatic rings. The number of carbonyl (C=O) groups excluding carboxylic acids is 1. The molecular formula is C12H11ClOS2. The topological polar surface area (TPSA) is 17.1 Å².